The zero-order valence-electron chi connectivity index (χ0n) is 39.8. The molecule has 0 fully saturated rings. The van der Waals surface area contributed by atoms with Crippen molar-refractivity contribution >= 4 is 205 Å². The molecule has 0 saturated carbocycles. The number of anilines is 1. The molecule has 2 aliphatic heterocycles. The standard InChI is InChI=1S/C45H56I6N4O14S4/c1-4-5-15-29(43(57)53-21-25-72(64,65)66)45(3)35(55(28-73(67,68)69)33-27-31(47)40(49)42(51)38(33)45)17-11-8-6-7-10-16-34-44(2,19-13-9-12-18-36(56)52-20-24-71(61,62)63)37-32(26-30(46)39(48)41(37)50)54(34)22-14-23-70(58,59)60/h6-8,10-11,16-17,26-27,29H,4-5,9,12-15,18-25,28H2,1-3H3,(H5-,52,53,56,57,58,59,60,61,62,63,64,65,66,67,68,69)/p+1. The fraction of sp³-hybridized carbons (Fsp3) is 0.489. The van der Waals surface area contributed by atoms with Crippen LogP contribution in [0.5, 0.6) is 0 Å². The minimum absolute atomic E-state index is 0.130. The van der Waals surface area contributed by atoms with Gasteiger partial charge in [0.1, 0.15) is 6.54 Å². The molecule has 2 heterocycles. The van der Waals surface area contributed by atoms with Crippen LogP contribution < -0.4 is 15.5 Å². The highest BCUT2D eigenvalue weighted by Crippen LogP contribution is 2.56. The molecule has 3 unspecified atom stereocenters. The van der Waals surface area contributed by atoms with E-state index in [2.05, 4.69) is 164 Å². The van der Waals surface area contributed by atoms with E-state index in [1.807, 2.05) is 32.1 Å². The second kappa shape index (κ2) is 27.8. The van der Waals surface area contributed by atoms with Gasteiger partial charge in [-0.2, -0.15) is 38.2 Å². The van der Waals surface area contributed by atoms with Gasteiger partial charge < -0.3 is 15.5 Å². The number of halogens is 6. The minimum atomic E-state index is -4.64. The summed E-state index contributed by atoms with van der Waals surface area (Å²) in [5.41, 5.74) is 2.57. The van der Waals surface area contributed by atoms with Crippen LogP contribution >= 0.6 is 136 Å². The Bertz CT molecular complexity index is 3060. The van der Waals surface area contributed by atoms with E-state index in [9.17, 15) is 56.9 Å². The quantitative estimate of drug-likeness (QED) is 0.0122. The van der Waals surface area contributed by atoms with Crippen LogP contribution in [0, 0.1) is 27.3 Å². The maximum absolute atomic E-state index is 14.2. The number of fused-ring (bicyclic) bond motifs is 2. The molecule has 18 nitrogen and oxygen atoms in total. The molecule has 2 aromatic carbocycles. The lowest BCUT2D eigenvalue weighted by Crippen LogP contribution is -2.46. The summed E-state index contributed by atoms with van der Waals surface area (Å²) in [5.74, 6) is -4.23. The van der Waals surface area contributed by atoms with E-state index in [4.69, 9.17) is 4.55 Å². The van der Waals surface area contributed by atoms with E-state index in [1.54, 1.807) is 30.4 Å². The number of rotatable bonds is 27. The summed E-state index contributed by atoms with van der Waals surface area (Å²) in [5, 5.41) is 5.19. The normalized spacial score (nSPS) is 19.5. The first-order chi connectivity index (χ1) is 33.8. The third kappa shape index (κ3) is 18.2. The van der Waals surface area contributed by atoms with Crippen LogP contribution in [0.4, 0.5) is 11.4 Å². The van der Waals surface area contributed by atoms with E-state index in [0.29, 0.717) is 61.9 Å². The molecule has 2 amide bonds. The van der Waals surface area contributed by atoms with Crippen LogP contribution in [0.25, 0.3) is 0 Å². The third-order valence-electron chi connectivity index (χ3n) is 12.4. The number of carbonyl (C=O) groups is 2. The number of amides is 2. The summed E-state index contributed by atoms with van der Waals surface area (Å²) >= 11 is 13.5. The second-order valence-electron chi connectivity index (χ2n) is 17.8. The summed E-state index contributed by atoms with van der Waals surface area (Å²) in [7, 11) is -17.5. The van der Waals surface area contributed by atoms with E-state index in [0.717, 1.165) is 38.4 Å². The van der Waals surface area contributed by atoms with Crippen molar-refractivity contribution in [3.63, 3.8) is 0 Å². The number of hydrogen-bond donors (Lipinski definition) is 6. The Morgan fingerprint density at radius 2 is 1.25 bits per heavy atom. The van der Waals surface area contributed by atoms with Gasteiger partial charge >= 0.3 is 0 Å². The van der Waals surface area contributed by atoms with Crippen LogP contribution in [0.2, 0.25) is 0 Å². The van der Waals surface area contributed by atoms with Gasteiger partial charge in [-0.3, -0.25) is 27.8 Å². The second-order valence-corrected chi connectivity index (χ2v) is 30.5. The molecule has 2 aromatic rings. The van der Waals surface area contributed by atoms with Crippen molar-refractivity contribution in [3.05, 3.63) is 92.9 Å². The first-order valence-electron chi connectivity index (χ1n) is 22.6. The Morgan fingerprint density at radius 1 is 0.685 bits per heavy atom. The first-order valence-corrected chi connectivity index (χ1v) is 35.5. The van der Waals surface area contributed by atoms with E-state index in [-0.39, 0.29) is 38.4 Å². The van der Waals surface area contributed by atoms with Crippen LogP contribution in [0.15, 0.2) is 60.4 Å². The zero-order chi connectivity index (χ0) is 54.9. The van der Waals surface area contributed by atoms with Gasteiger partial charge in [0.2, 0.25) is 17.5 Å². The molecule has 406 valence electrons. The fourth-order valence-electron chi connectivity index (χ4n) is 9.15. The molecule has 0 saturated heterocycles. The highest BCUT2D eigenvalue weighted by molar-refractivity contribution is 14.1. The Labute approximate surface area is 510 Å². The van der Waals surface area contributed by atoms with Gasteiger partial charge in [0.15, 0.2) is 11.6 Å². The molecule has 73 heavy (non-hydrogen) atoms. The zero-order valence-corrected chi connectivity index (χ0v) is 56.0. The number of benzene rings is 2. The molecule has 0 aliphatic carbocycles. The molecule has 3 atom stereocenters. The van der Waals surface area contributed by atoms with Crippen LogP contribution in [0.3, 0.4) is 0 Å². The smallest absolute Gasteiger partial charge is 0.283 e. The number of unbranched alkanes of at least 4 members (excludes halogenated alkanes) is 3. The lowest BCUT2D eigenvalue weighted by Gasteiger charge is -2.37. The van der Waals surface area contributed by atoms with Crippen molar-refractivity contribution in [1.82, 2.24) is 10.6 Å². The maximum atomic E-state index is 14.2. The van der Waals surface area contributed by atoms with Crippen molar-refractivity contribution in [3.8, 4) is 0 Å². The Morgan fingerprint density at radius 3 is 1.84 bits per heavy atom. The summed E-state index contributed by atoms with van der Waals surface area (Å²) in [6.07, 6.45) is 16.9. The molecule has 28 heteroatoms. The van der Waals surface area contributed by atoms with Gasteiger partial charge in [-0.05, 0) is 181 Å². The van der Waals surface area contributed by atoms with Gasteiger partial charge in [-0.1, -0.05) is 63.0 Å². The molecular weight excluding hydrogens is 1710 g/mol. The van der Waals surface area contributed by atoms with Gasteiger partial charge in [0.05, 0.1) is 34.2 Å². The Balaban J connectivity index is 1.78. The van der Waals surface area contributed by atoms with E-state index < -0.39 is 86.3 Å². The largest absolute Gasteiger partial charge is 0.355 e. The molecule has 0 aromatic heterocycles. The molecular formula is C45H57I6N4O14S4+. The highest BCUT2D eigenvalue weighted by atomic mass is 127. The predicted molar refractivity (Wildman–Crippen MR) is 334 cm³/mol. The molecule has 0 spiro atoms. The first kappa shape index (κ1) is 65.3. The maximum Gasteiger partial charge on any atom is 0.283 e. The van der Waals surface area contributed by atoms with Crippen molar-refractivity contribution in [2.75, 3.05) is 47.7 Å². The van der Waals surface area contributed by atoms with Crippen molar-refractivity contribution in [2.24, 2.45) is 5.92 Å². The topological polar surface area (TPSA) is 282 Å². The highest BCUT2D eigenvalue weighted by Gasteiger charge is 2.53. The van der Waals surface area contributed by atoms with E-state index >= 15 is 0 Å². The lowest BCUT2D eigenvalue weighted by molar-refractivity contribution is -0.437. The number of nitrogens with one attached hydrogen (secondary N) is 2. The number of hydrogen-bond acceptors (Lipinski definition) is 11. The van der Waals surface area contributed by atoms with Gasteiger partial charge in [-0.25, -0.2) is 0 Å². The molecule has 0 radical (unpaired) electrons. The molecule has 0 bridgehead atoms. The van der Waals surface area contributed by atoms with Gasteiger partial charge in [-0.15, -0.1) is 0 Å². The summed E-state index contributed by atoms with van der Waals surface area (Å²) in [4.78, 5) is 28.1. The number of allylic oxidation sites excluding steroid dienone is 8. The predicted octanol–water partition coefficient (Wildman–Crippen LogP) is 8.89. The monoisotopic (exact) mass is 1770 g/mol. The summed E-state index contributed by atoms with van der Waals surface area (Å²) in [6.45, 7) is 5.64. The SMILES string of the molecule is CCCCC(C(=O)NCCS(=O)(=O)O)C1(C)/C(=C/C=C/C=C/C=C/C2=[N+](CCCS(=O)(=O)O)c3cc(I)c(I)c(I)c3C2(C)CCCCCC(=O)NCCS(=O)(=O)O)N(CS(=O)(=O)O)c2cc(I)c(I)c(I)c21. The van der Waals surface area contributed by atoms with Crippen molar-refractivity contribution in [1.29, 1.82) is 0 Å². The third-order valence-corrected chi connectivity index (χ3v) is 25.5. The van der Waals surface area contributed by atoms with Crippen LogP contribution in [0.1, 0.15) is 89.7 Å². The molecule has 2 aliphatic rings. The lowest BCUT2D eigenvalue weighted by atomic mass is 9.68. The fourth-order valence-corrected chi connectivity index (χ4v) is 16.3. The number of nitrogens with zero attached hydrogens (tertiary/aromatic N) is 2. The van der Waals surface area contributed by atoms with Gasteiger partial charge in [0, 0.05) is 81.9 Å². The summed E-state index contributed by atoms with van der Waals surface area (Å²) < 4.78 is 141. The van der Waals surface area contributed by atoms with Crippen molar-refractivity contribution in [2.45, 2.75) is 89.4 Å². The average molecular weight is 1770 g/mol. The Kier molecular flexibility index (Phi) is 24.9. The van der Waals surface area contributed by atoms with Crippen molar-refractivity contribution < 1.29 is 66.0 Å². The van der Waals surface area contributed by atoms with E-state index in [1.165, 1.54) is 4.90 Å². The average Bonchev–Trinajstić information content (AvgIpc) is 3.61. The number of carbonyl (C=O) groups excluding carboxylic acids is 2. The minimum Gasteiger partial charge on any atom is -0.355 e. The van der Waals surface area contributed by atoms with Crippen LogP contribution in [-0.2, 0) is 60.9 Å². The van der Waals surface area contributed by atoms with Gasteiger partial charge in [0.25, 0.3) is 40.5 Å². The van der Waals surface area contributed by atoms with Crippen LogP contribution in [-0.4, -0.2) is 117 Å². The molecule has 4 rings (SSSR count). The summed E-state index contributed by atoms with van der Waals surface area (Å²) in [6, 6.07) is 3.88. The molecule has 6 N–H and O–H groups in total. The Hall–Kier alpha value is -0.170.